The molecule has 0 bridgehead atoms. The lowest BCUT2D eigenvalue weighted by Gasteiger charge is -2.18. The molecule has 0 aliphatic heterocycles. The van der Waals surface area contributed by atoms with Crippen LogP contribution in [0, 0.1) is 0 Å². The van der Waals surface area contributed by atoms with Gasteiger partial charge in [0, 0.05) is 19.8 Å². The Morgan fingerprint density at radius 2 is 1.75 bits per heavy atom. The van der Waals surface area contributed by atoms with E-state index in [-0.39, 0.29) is 5.56 Å². The Morgan fingerprint density at radius 1 is 1.25 bits per heavy atom. The summed E-state index contributed by atoms with van der Waals surface area (Å²) < 4.78 is 20.9. The highest BCUT2D eigenvalue weighted by atomic mass is 31.2. The zero-order valence-electron chi connectivity index (χ0n) is 8.99. The molecule has 0 saturated carbocycles. The van der Waals surface area contributed by atoms with Gasteiger partial charge in [-0.05, 0) is 0 Å². The lowest BCUT2D eigenvalue weighted by Crippen LogP contribution is -2.22. The number of ketones is 1. The van der Waals surface area contributed by atoms with Gasteiger partial charge in [0.2, 0.25) is 11.6 Å². The van der Waals surface area contributed by atoms with E-state index < -0.39 is 19.2 Å². The van der Waals surface area contributed by atoms with Crippen LogP contribution in [0.3, 0.4) is 0 Å². The summed E-state index contributed by atoms with van der Waals surface area (Å²) in [6.45, 7) is 0. The zero-order chi connectivity index (χ0) is 12.2. The molecular formula is C10H13O5P. The number of hydrogen-bond donors (Lipinski definition) is 1. The molecule has 16 heavy (non-hydrogen) atoms. The van der Waals surface area contributed by atoms with Crippen molar-refractivity contribution < 1.29 is 23.5 Å². The molecule has 1 N–H and O–H groups in total. The van der Waals surface area contributed by atoms with Crippen LogP contribution in [-0.2, 0) is 13.6 Å². The molecular weight excluding hydrogens is 231 g/mol. The quantitative estimate of drug-likeness (QED) is 0.630. The van der Waals surface area contributed by atoms with Crippen LogP contribution in [0.25, 0.3) is 0 Å². The van der Waals surface area contributed by atoms with Gasteiger partial charge < -0.3 is 14.2 Å². The van der Waals surface area contributed by atoms with Crippen LogP contribution < -0.4 is 0 Å². The lowest BCUT2D eigenvalue weighted by molar-refractivity contribution is 0.0807. The van der Waals surface area contributed by atoms with Gasteiger partial charge in [0.05, 0.1) is 0 Å². The van der Waals surface area contributed by atoms with Crippen LogP contribution in [-0.4, -0.2) is 31.0 Å². The minimum Gasteiger partial charge on any atom is -0.374 e. The molecule has 0 aromatic heterocycles. The summed E-state index contributed by atoms with van der Waals surface area (Å²) >= 11 is 0. The first-order valence-electron chi connectivity index (χ1n) is 4.53. The van der Waals surface area contributed by atoms with Crippen molar-refractivity contribution in [3.05, 3.63) is 35.9 Å². The smallest absolute Gasteiger partial charge is 0.366 e. The van der Waals surface area contributed by atoms with E-state index >= 15 is 0 Å². The normalized spacial score (nSPS) is 13.4. The molecule has 5 nitrogen and oxygen atoms in total. The van der Waals surface area contributed by atoms with Crippen LogP contribution >= 0.6 is 7.60 Å². The summed E-state index contributed by atoms with van der Waals surface area (Å²) in [5, 5.41) is 9.63. The average Bonchev–Trinajstić information content (AvgIpc) is 2.37. The van der Waals surface area contributed by atoms with Crippen molar-refractivity contribution in [2.75, 3.05) is 14.2 Å². The predicted molar refractivity (Wildman–Crippen MR) is 58.4 cm³/mol. The topological polar surface area (TPSA) is 72.8 Å². The van der Waals surface area contributed by atoms with Crippen molar-refractivity contribution in [2.45, 2.75) is 5.85 Å². The first-order chi connectivity index (χ1) is 7.55. The summed E-state index contributed by atoms with van der Waals surface area (Å²) in [5.74, 6) is -2.49. The maximum atomic E-state index is 11.8. The molecule has 88 valence electrons. The average molecular weight is 244 g/mol. The minimum atomic E-state index is -3.79. The molecule has 0 aliphatic carbocycles. The SMILES string of the molecule is COP(=O)(OC)C(O)C(=O)c1ccccc1. The molecule has 0 aliphatic rings. The third kappa shape index (κ3) is 2.57. The van der Waals surface area contributed by atoms with Crippen molar-refractivity contribution in [3.63, 3.8) is 0 Å². The molecule has 1 aromatic rings. The fourth-order valence-corrected chi connectivity index (χ4v) is 2.15. The second-order valence-electron chi connectivity index (χ2n) is 3.01. The first-order valence-corrected chi connectivity index (χ1v) is 6.15. The van der Waals surface area contributed by atoms with E-state index in [9.17, 15) is 14.5 Å². The van der Waals surface area contributed by atoms with E-state index in [2.05, 4.69) is 9.05 Å². The Bertz CT molecular complexity index is 395. The predicted octanol–water partition coefficient (Wildman–Crippen LogP) is 1.67. The lowest BCUT2D eigenvalue weighted by atomic mass is 10.1. The number of Topliss-reactive ketones (excluding diaryl/α,β-unsaturated/α-hetero) is 1. The maximum absolute atomic E-state index is 11.8. The molecule has 1 aromatic carbocycles. The number of benzene rings is 1. The van der Waals surface area contributed by atoms with Crippen LogP contribution in [0.2, 0.25) is 0 Å². The molecule has 0 fully saturated rings. The summed E-state index contributed by atoms with van der Waals surface area (Å²) in [5.41, 5.74) is 0.254. The van der Waals surface area contributed by atoms with Gasteiger partial charge in [0.15, 0.2) is 0 Å². The van der Waals surface area contributed by atoms with Crippen LogP contribution in [0.15, 0.2) is 30.3 Å². The maximum Gasteiger partial charge on any atom is 0.366 e. The third-order valence-electron chi connectivity index (χ3n) is 2.10. The van der Waals surface area contributed by atoms with Crippen molar-refractivity contribution in [3.8, 4) is 0 Å². The molecule has 1 atom stereocenters. The van der Waals surface area contributed by atoms with Crippen molar-refractivity contribution in [1.82, 2.24) is 0 Å². The van der Waals surface area contributed by atoms with Gasteiger partial charge >= 0.3 is 7.60 Å². The Hall–Kier alpha value is -1.00. The fourth-order valence-electron chi connectivity index (χ4n) is 1.17. The van der Waals surface area contributed by atoms with Crippen LogP contribution in [0.5, 0.6) is 0 Å². The van der Waals surface area contributed by atoms with E-state index in [1.165, 1.54) is 12.1 Å². The van der Waals surface area contributed by atoms with E-state index in [1.807, 2.05) is 0 Å². The fraction of sp³-hybridized carbons (Fsp3) is 0.300. The van der Waals surface area contributed by atoms with Crippen LogP contribution in [0.1, 0.15) is 10.4 Å². The molecule has 0 heterocycles. The van der Waals surface area contributed by atoms with Crippen molar-refractivity contribution in [1.29, 1.82) is 0 Å². The first kappa shape index (κ1) is 13.1. The standard InChI is InChI=1S/C10H13O5P/c1-14-16(13,15-2)10(12)9(11)8-6-4-3-5-7-8/h3-7,10,12H,1-2H3. The van der Waals surface area contributed by atoms with Gasteiger partial charge in [-0.3, -0.25) is 9.36 Å². The minimum absolute atomic E-state index is 0.254. The molecule has 0 spiro atoms. The largest absolute Gasteiger partial charge is 0.374 e. The highest BCUT2D eigenvalue weighted by Gasteiger charge is 2.38. The molecule has 0 radical (unpaired) electrons. The highest BCUT2D eigenvalue weighted by Crippen LogP contribution is 2.51. The number of aliphatic hydroxyl groups is 1. The number of carbonyl (C=O) groups excluding carboxylic acids is 1. The zero-order valence-corrected chi connectivity index (χ0v) is 9.89. The molecule has 1 rings (SSSR count). The molecule has 0 saturated heterocycles. The Morgan fingerprint density at radius 3 is 2.19 bits per heavy atom. The summed E-state index contributed by atoms with van der Waals surface area (Å²) in [4.78, 5) is 11.7. The monoisotopic (exact) mass is 244 g/mol. The number of rotatable bonds is 5. The van der Waals surface area contributed by atoms with E-state index in [1.54, 1.807) is 18.2 Å². The van der Waals surface area contributed by atoms with Gasteiger partial charge in [-0.1, -0.05) is 30.3 Å². The second kappa shape index (κ2) is 5.37. The van der Waals surface area contributed by atoms with Crippen molar-refractivity contribution >= 4 is 13.4 Å². The highest BCUT2D eigenvalue weighted by molar-refractivity contribution is 7.55. The number of aliphatic hydroxyl groups excluding tert-OH is 1. The molecule has 1 unspecified atom stereocenters. The Balaban J connectivity index is 2.95. The Kier molecular flexibility index (Phi) is 4.38. The number of hydrogen-bond acceptors (Lipinski definition) is 5. The van der Waals surface area contributed by atoms with E-state index in [0.29, 0.717) is 0 Å². The summed E-state index contributed by atoms with van der Waals surface area (Å²) in [6.07, 6.45) is 0. The van der Waals surface area contributed by atoms with Gasteiger partial charge in [-0.2, -0.15) is 0 Å². The van der Waals surface area contributed by atoms with Crippen molar-refractivity contribution in [2.24, 2.45) is 0 Å². The number of carbonyl (C=O) groups is 1. The van der Waals surface area contributed by atoms with Crippen LogP contribution in [0.4, 0.5) is 0 Å². The van der Waals surface area contributed by atoms with Gasteiger partial charge in [0.1, 0.15) is 0 Å². The van der Waals surface area contributed by atoms with E-state index in [4.69, 9.17) is 0 Å². The van der Waals surface area contributed by atoms with E-state index in [0.717, 1.165) is 14.2 Å². The summed E-state index contributed by atoms with van der Waals surface area (Å²) in [6, 6.07) is 8.05. The molecule has 0 amide bonds. The Labute approximate surface area is 93.5 Å². The third-order valence-corrected chi connectivity index (χ3v) is 3.95. The summed E-state index contributed by atoms with van der Waals surface area (Å²) in [7, 11) is -1.55. The van der Waals surface area contributed by atoms with Gasteiger partial charge in [-0.25, -0.2) is 0 Å². The second-order valence-corrected chi connectivity index (χ2v) is 5.31. The van der Waals surface area contributed by atoms with Gasteiger partial charge in [-0.15, -0.1) is 0 Å². The molecule has 6 heteroatoms. The van der Waals surface area contributed by atoms with Gasteiger partial charge in [0.25, 0.3) is 0 Å².